The number of methoxy groups -OCH3 is 1. The van der Waals surface area contributed by atoms with Crippen LogP contribution in [0.1, 0.15) is 38.2 Å². The molecule has 0 aliphatic carbocycles. The van der Waals surface area contributed by atoms with Gasteiger partial charge in [-0.05, 0) is 41.8 Å². The molecule has 1 aliphatic rings. The molecule has 0 saturated heterocycles. The Bertz CT molecular complexity index is 977. The van der Waals surface area contributed by atoms with E-state index in [0.717, 1.165) is 28.3 Å². The average Bonchev–Trinajstić information content (AvgIpc) is 3.21. The van der Waals surface area contributed by atoms with Crippen LogP contribution in [0.4, 0.5) is 0 Å². The van der Waals surface area contributed by atoms with Gasteiger partial charge in [-0.1, -0.05) is 36.4 Å². The highest BCUT2D eigenvalue weighted by molar-refractivity contribution is 7.09. The molecule has 1 aliphatic heterocycles. The van der Waals surface area contributed by atoms with E-state index < -0.39 is 0 Å². The van der Waals surface area contributed by atoms with Gasteiger partial charge in [-0.3, -0.25) is 4.79 Å². The number of halogens is 1. The first-order valence-corrected chi connectivity index (χ1v) is 10.2. The van der Waals surface area contributed by atoms with E-state index in [2.05, 4.69) is 23.2 Å². The lowest BCUT2D eigenvalue weighted by molar-refractivity contribution is 0.0632. The Morgan fingerprint density at radius 2 is 2.03 bits per heavy atom. The van der Waals surface area contributed by atoms with Gasteiger partial charge in [0, 0.05) is 18.3 Å². The molecule has 7 heteroatoms. The van der Waals surface area contributed by atoms with Crippen LogP contribution in [-0.4, -0.2) is 29.4 Å². The number of carbonyl (C=O) groups excluding carboxylic acids is 1. The summed E-state index contributed by atoms with van der Waals surface area (Å²) >= 11 is 1.50. The van der Waals surface area contributed by atoms with Gasteiger partial charge >= 0.3 is 0 Å². The quantitative estimate of drug-likeness (QED) is 0.665. The van der Waals surface area contributed by atoms with E-state index >= 15 is 0 Å². The molecule has 0 radical (unpaired) electrons. The van der Waals surface area contributed by atoms with Gasteiger partial charge < -0.3 is 15.4 Å². The van der Waals surface area contributed by atoms with E-state index in [4.69, 9.17) is 10.5 Å². The molecule has 1 aromatic heterocycles. The molecule has 0 bridgehead atoms. The van der Waals surface area contributed by atoms with Crippen molar-refractivity contribution >= 4 is 29.7 Å². The highest BCUT2D eigenvalue weighted by Gasteiger charge is 2.32. The number of rotatable bonds is 5. The predicted molar refractivity (Wildman–Crippen MR) is 118 cm³/mol. The maximum absolute atomic E-state index is 13.4. The summed E-state index contributed by atoms with van der Waals surface area (Å²) in [5.74, 6) is 0.769. The Morgan fingerprint density at radius 3 is 2.76 bits per heavy atom. The first-order chi connectivity index (χ1) is 13.7. The van der Waals surface area contributed by atoms with Crippen LogP contribution in [0.3, 0.4) is 0 Å². The second-order valence-corrected chi connectivity index (χ2v) is 7.81. The van der Waals surface area contributed by atoms with Crippen LogP contribution >= 0.6 is 23.7 Å². The number of ether oxygens (including phenoxy) is 1. The fourth-order valence-electron chi connectivity index (χ4n) is 3.67. The highest BCUT2D eigenvalue weighted by Crippen LogP contribution is 2.35. The fraction of sp³-hybridized carbons (Fsp3) is 0.273. The SMILES string of the molecule is COc1ccc2c(c1)CN(C(=O)c1csc(CCN)n1)C(c1ccccc1)C2.Cl. The minimum Gasteiger partial charge on any atom is -0.497 e. The zero-order valence-electron chi connectivity index (χ0n) is 16.2. The molecule has 1 atom stereocenters. The number of nitrogens with two attached hydrogens (primary N) is 1. The third-order valence-electron chi connectivity index (χ3n) is 5.12. The molecule has 2 heterocycles. The molecule has 29 heavy (non-hydrogen) atoms. The molecule has 0 fully saturated rings. The van der Waals surface area contributed by atoms with Crippen molar-refractivity contribution in [2.24, 2.45) is 5.73 Å². The van der Waals surface area contributed by atoms with Gasteiger partial charge in [0.15, 0.2) is 0 Å². The minimum absolute atomic E-state index is 0. The number of benzene rings is 2. The molecule has 0 saturated carbocycles. The number of thiazole rings is 1. The monoisotopic (exact) mass is 429 g/mol. The van der Waals surface area contributed by atoms with Gasteiger partial charge in [0.05, 0.1) is 18.2 Å². The lowest BCUT2D eigenvalue weighted by atomic mass is 9.89. The Labute approximate surface area is 180 Å². The number of fused-ring (bicyclic) bond motifs is 1. The van der Waals surface area contributed by atoms with Crippen molar-refractivity contribution < 1.29 is 9.53 Å². The predicted octanol–water partition coefficient (Wildman–Crippen LogP) is 4.01. The second kappa shape index (κ2) is 9.39. The van der Waals surface area contributed by atoms with Gasteiger partial charge in [-0.15, -0.1) is 23.7 Å². The van der Waals surface area contributed by atoms with Crippen molar-refractivity contribution in [2.75, 3.05) is 13.7 Å². The number of amides is 1. The largest absolute Gasteiger partial charge is 0.497 e. The Hall–Kier alpha value is -2.41. The summed E-state index contributed by atoms with van der Waals surface area (Å²) in [6.45, 7) is 1.07. The summed E-state index contributed by atoms with van der Waals surface area (Å²) in [6.07, 6.45) is 1.47. The van der Waals surface area contributed by atoms with Crippen molar-refractivity contribution in [3.63, 3.8) is 0 Å². The van der Waals surface area contributed by atoms with Crippen LogP contribution in [0.2, 0.25) is 0 Å². The topological polar surface area (TPSA) is 68.5 Å². The molecule has 2 aromatic carbocycles. The summed E-state index contributed by atoms with van der Waals surface area (Å²) in [5.41, 5.74) is 9.63. The number of carbonyl (C=O) groups is 1. The van der Waals surface area contributed by atoms with Crippen LogP contribution < -0.4 is 10.5 Å². The summed E-state index contributed by atoms with van der Waals surface area (Å²) in [7, 11) is 1.66. The number of nitrogens with zero attached hydrogens (tertiary/aromatic N) is 2. The van der Waals surface area contributed by atoms with Crippen molar-refractivity contribution in [3.05, 3.63) is 81.3 Å². The van der Waals surface area contributed by atoms with Crippen LogP contribution in [0.15, 0.2) is 53.9 Å². The van der Waals surface area contributed by atoms with Crippen LogP contribution in [-0.2, 0) is 19.4 Å². The number of hydrogen-bond donors (Lipinski definition) is 1. The first-order valence-electron chi connectivity index (χ1n) is 9.35. The number of hydrogen-bond acceptors (Lipinski definition) is 5. The van der Waals surface area contributed by atoms with Crippen molar-refractivity contribution in [1.82, 2.24) is 9.88 Å². The van der Waals surface area contributed by atoms with E-state index in [9.17, 15) is 4.79 Å². The molecule has 1 amide bonds. The maximum atomic E-state index is 13.4. The van der Waals surface area contributed by atoms with Crippen molar-refractivity contribution in [3.8, 4) is 5.75 Å². The zero-order chi connectivity index (χ0) is 19.5. The van der Waals surface area contributed by atoms with Gasteiger partial charge in [-0.2, -0.15) is 0 Å². The van der Waals surface area contributed by atoms with Crippen LogP contribution in [0, 0.1) is 0 Å². The lowest BCUT2D eigenvalue weighted by Gasteiger charge is -2.37. The summed E-state index contributed by atoms with van der Waals surface area (Å²) < 4.78 is 5.38. The van der Waals surface area contributed by atoms with E-state index in [1.807, 2.05) is 40.6 Å². The van der Waals surface area contributed by atoms with Gasteiger partial charge in [-0.25, -0.2) is 4.98 Å². The van der Waals surface area contributed by atoms with Gasteiger partial charge in [0.1, 0.15) is 11.4 Å². The summed E-state index contributed by atoms with van der Waals surface area (Å²) in [6, 6.07) is 16.3. The van der Waals surface area contributed by atoms with Crippen LogP contribution in [0.25, 0.3) is 0 Å². The highest BCUT2D eigenvalue weighted by atomic mass is 35.5. The minimum atomic E-state index is -0.0400. The van der Waals surface area contributed by atoms with E-state index in [1.165, 1.54) is 16.9 Å². The zero-order valence-corrected chi connectivity index (χ0v) is 17.8. The molecule has 152 valence electrons. The third-order valence-corrected chi connectivity index (χ3v) is 6.03. The smallest absolute Gasteiger partial charge is 0.274 e. The maximum Gasteiger partial charge on any atom is 0.274 e. The Balaban J connectivity index is 0.00000240. The van der Waals surface area contributed by atoms with E-state index in [1.54, 1.807) is 7.11 Å². The van der Waals surface area contributed by atoms with Crippen molar-refractivity contribution in [1.29, 1.82) is 0 Å². The van der Waals surface area contributed by atoms with Gasteiger partial charge in [0.25, 0.3) is 5.91 Å². The van der Waals surface area contributed by atoms with Gasteiger partial charge in [0.2, 0.25) is 0 Å². The molecule has 5 nitrogen and oxygen atoms in total. The third kappa shape index (κ3) is 4.45. The number of aromatic nitrogens is 1. The normalized spacial score (nSPS) is 15.4. The Kier molecular flexibility index (Phi) is 6.90. The fourth-order valence-corrected chi connectivity index (χ4v) is 4.46. The average molecular weight is 430 g/mol. The van der Waals surface area contributed by atoms with E-state index in [0.29, 0.717) is 25.2 Å². The van der Waals surface area contributed by atoms with Crippen LogP contribution in [0.5, 0.6) is 5.75 Å². The summed E-state index contributed by atoms with van der Waals surface area (Å²) in [5, 5.41) is 2.75. The van der Waals surface area contributed by atoms with E-state index in [-0.39, 0.29) is 24.4 Å². The molecular formula is C22H24ClN3O2S. The molecule has 1 unspecified atom stereocenters. The standard InChI is InChI=1S/C22H23N3O2S.ClH/c1-27-18-8-7-16-12-20(15-5-3-2-4-6-15)25(13-17(16)11-18)22(26)19-14-28-21(24-19)9-10-23;/h2-8,11,14,20H,9-10,12-13,23H2,1H3;1H. The summed E-state index contributed by atoms with van der Waals surface area (Å²) in [4.78, 5) is 19.8. The molecular weight excluding hydrogens is 406 g/mol. The lowest BCUT2D eigenvalue weighted by Crippen LogP contribution is -2.39. The molecule has 4 rings (SSSR count). The first kappa shape index (κ1) is 21.3. The second-order valence-electron chi connectivity index (χ2n) is 6.86. The molecule has 2 N–H and O–H groups in total. The molecule has 3 aromatic rings. The molecule has 0 spiro atoms. The Morgan fingerprint density at radius 1 is 1.24 bits per heavy atom. The van der Waals surface area contributed by atoms with Crippen molar-refractivity contribution in [2.45, 2.75) is 25.4 Å².